The van der Waals surface area contributed by atoms with Crippen molar-refractivity contribution in [2.24, 2.45) is 11.5 Å². The van der Waals surface area contributed by atoms with Crippen LogP contribution in [-0.4, -0.2) is 34.6 Å². The molecular weight excluding hydrogens is 368 g/mol. The van der Waals surface area contributed by atoms with Crippen LogP contribution in [0.2, 0.25) is 0 Å². The number of rotatable bonds is 9. The summed E-state index contributed by atoms with van der Waals surface area (Å²) >= 11 is 1.03. The van der Waals surface area contributed by atoms with E-state index < -0.39 is 16.4 Å². The number of carbonyl (C=O) groups excluding carboxylic acids is 2. The van der Waals surface area contributed by atoms with Crippen LogP contribution in [0.4, 0.5) is 5.69 Å². The van der Waals surface area contributed by atoms with Crippen molar-refractivity contribution in [3.05, 3.63) is 33.9 Å². The van der Waals surface area contributed by atoms with Gasteiger partial charge in [0.25, 0.3) is 5.69 Å². The minimum absolute atomic E-state index is 0. The van der Waals surface area contributed by atoms with Gasteiger partial charge < -0.3 is 16.8 Å². The molecular formula is C15H23ClN4O4S. The van der Waals surface area contributed by atoms with Gasteiger partial charge >= 0.3 is 0 Å². The van der Waals surface area contributed by atoms with Crippen LogP contribution in [-0.2, 0) is 4.79 Å². The summed E-state index contributed by atoms with van der Waals surface area (Å²) in [5.74, 6) is -0.980. The maximum atomic E-state index is 12.1. The number of carbonyl (C=O) groups is 2. The lowest BCUT2D eigenvalue weighted by Gasteiger charge is -2.31. The van der Waals surface area contributed by atoms with Crippen LogP contribution in [0, 0.1) is 10.1 Å². The summed E-state index contributed by atoms with van der Waals surface area (Å²) in [4.78, 5) is 34.1. The molecule has 1 aromatic rings. The van der Waals surface area contributed by atoms with Gasteiger partial charge in [-0.05, 0) is 25.0 Å². The van der Waals surface area contributed by atoms with E-state index in [1.54, 1.807) is 0 Å². The fraction of sp³-hybridized carbons (Fsp3) is 0.467. The van der Waals surface area contributed by atoms with Crippen molar-refractivity contribution in [1.29, 1.82) is 0 Å². The van der Waals surface area contributed by atoms with Gasteiger partial charge in [0, 0.05) is 18.2 Å². The number of nitrogens with one attached hydrogen (secondary N) is 1. The van der Waals surface area contributed by atoms with Crippen molar-refractivity contribution in [3.63, 3.8) is 0 Å². The first kappa shape index (κ1) is 23.2. The second kappa shape index (κ2) is 10.2. The Labute approximate surface area is 156 Å². The van der Waals surface area contributed by atoms with Gasteiger partial charge in [0.1, 0.15) is 0 Å². The Kier molecular flexibility index (Phi) is 9.47. The smallest absolute Gasteiger partial charge is 0.283 e. The van der Waals surface area contributed by atoms with Crippen LogP contribution in [0.5, 0.6) is 0 Å². The maximum absolute atomic E-state index is 12.1. The lowest BCUT2D eigenvalue weighted by Crippen LogP contribution is -2.53. The highest BCUT2D eigenvalue weighted by Gasteiger charge is 2.26. The van der Waals surface area contributed by atoms with Gasteiger partial charge in [-0.15, -0.1) is 24.2 Å². The molecule has 0 aliphatic heterocycles. The van der Waals surface area contributed by atoms with Gasteiger partial charge in [0.2, 0.25) is 11.8 Å². The molecule has 2 amide bonds. The predicted molar refractivity (Wildman–Crippen MR) is 100 cm³/mol. The van der Waals surface area contributed by atoms with Gasteiger partial charge in [0.05, 0.1) is 21.1 Å². The molecule has 0 saturated heterocycles. The fourth-order valence-electron chi connectivity index (χ4n) is 2.18. The van der Waals surface area contributed by atoms with E-state index in [4.69, 9.17) is 11.5 Å². The number of benzene rings is 1. The zero-order valence-electron chi connectivity index (χ0n) is 14.1. The first-order chi connectivity index (χ1) is 11.3. The van der Waals surface area contributed by atoms with E-state index in [9.17, 15) is 19.7 Å². The average molecular weight is 391 g/mol. The molecule has 0 fully saturated rings. The number of amides is 2. The Morgan fingerprint density at radius 3 is 2.36 bits per heavy atom. The Morgan fingerprint density at radius 1 is 1.32 bits per heavy atom. The second-order valence-corrected chi connectivity index (χ2v) is 6.35. The topological polar surface area (TPSA) is 141 Å². The van der Waals surface area contributed by atoms with Crippen LogP contribution in [0.1, 0.15) is 37.0 Å². The number of primary amides is 1. The number of nitrogens with two attached hydrogens (primary N) is 2. The minimum atomic E-state index is -0.744. The molecule has 0 aliphatic rings. The first-order valence-corrected chi connectivity index (χ1v) is 8.49. The molecule has 0 heterocycles. The molecule has 8 nitrogen and oxygen atoms in total. The molecule has 0 aromatic heterocycles. The summed E-state index contributed by atoms with van der Waals surface area (Å²) in [6.45, 7) is 4.21. The molecule has 1 aromatic carbocycles. The van der Waals surface area contributed by atoms with Gasteiger partial charge in [-0.1, -0.05) is 13.8 Å². The van der Waals surface area contributed by atoms with Gasteiger partial charge in [-0.25, -0.2) is 0 Å². The van der Waals surface area contributed by atoms with Crippen molar-refractivity contribution in [1.82, 2.24) is 5.32 Å². The second-order valence-electron chi connectivity index (χ2n) is 5.33. The normalized spacial score (nSPS) is 10.7. The van der Waals surface area contributed by atoms with Crippen molar-refractivity contribution in [2.75, 3.05) is 12.3 Å². The summed E-state index contributed by atoms with van der Waals surface area (Å²) < 4.78 is 0. The summed E-state index contributed by atoms with van der Waals surface area (Å²) in [6.07, 6.45) is 1.40. The number of halogens is 1. The van der Waals surface area contributed by atoms with Gasteiger partial charge in [-0.2, -0.15) is 0 Å². The number of hydrogen-bond donors (Lipinski definition) is 3. The SMILES string of the molecule is CCC(CC)(CN)NC(=O)CSc1ccc(C(N)=O)cc1[N+](=O)[O-].Cl. The van der Waals surface area contributed by atoms with Crippen LogP contribution in [0.25, 0.3) is 0 Å². The zero-order chi connectivity index (χ0) is 18.3. The summed E-state index contributed by atoms with van der Waals surface area (Å²) in [7, 11) is 0. The van der Waals surface area contributed by atoms with Crippen molar-refractivity contribution >= 4 is 41.7 Å². The Balaban J connectivity index is 0.00000576. The van der Waals surface area contributed by atoms with E-state index in [0.29, 0.717) is 24.3 Å². The maximum Gasteiger partial charge on any atom is 0.283 e. The average Bonchev–Trinajstić information content (AvgIpc) is 2.57. The standard InChI is InChI=1S/C15H22N4O4S.ClH/c1-3-15(4-2,9-16)18-13(20)8-24-12-6-5-10(14(17)21)7-11(12)19(22)23;/h5-7H,3-4,8-9,16H2,1-2H3,(H2,17,21)(H,18,20);1H. The molecule has 1 rings (SSSR count). The highest BCUT2D eigenvalue weighted by molar-refractivity contribution is 8.00. The number of thioether (sulfide) groups is 1. The van der Waals surface area contributed by atoms with E-state index >= 15 is 0 Å². The Morgan fingerprint density at radius 2 is 1.92 bits per heavy atom. The van der Waals surface area contributed by atoms with Crippen LogP contribution >= 0.6 is 24.2 Å². The zero-order valence-corrected chi connectivity index (χ0v) is 15.7. The van der Waals surface area contributed by atoms with Gasteiger partial charge in [-0.3, -0.25) is 19.7 Å². The number of nitro benzene ring substituents is 1. The van der Waals surface area contributed by atoms with E-state index in [2.05, 4.69) is 5.32 Å². The summed E-state index contributed by atoms with van der Waals surface area (Å²) in [5.41, 5.74) is 10.2. The highest BCUT2D eigenvalue weighted by atomic mass is 35.5. The Hall–Kier alpha value is -1.84. The third-order valence-corrected chi connectivity index (χ3v) is 5.01. The van der Waals surface area contributed by atoms with E-state index in [1.807, 2.05) is 13.8 Å². The van der Waals surface area contributed by atoms with E-state index in [1.165, 1.54) is 12.1 Å². The Bertz CT molecular complexity index is 630. The fourth-order valence-corrected chi connectivity index (χ4v) is 2.98. The molecule has 0 aliphatic carbocycles. The molecule has 140 valence electrons. The lowest BCUT2D eigenvalue weighted by atomic mass is 9.93. The number of hydrogen-bond acceptors (Lipinski definition) is 6. The monoisotopic (exact) mass is 390 g/mol. The molecule has 0 saturated carbocycles. The van der Waals surface area contributed by atoms with Gasteiger partial charge in [0.15, 0.2) is 0 Å². The lowest BCUT2D eigenvalue weighted by molar-refractivity contribution is -0.387. The van der Waals surface area contributed by atoms with Crippen molar-refractivity contribution in [2.45, 2.75) is 37.1 Å². The first-order valence-electron chi connectivity index (χ1n) is 7.50. The third-order valence-electron chi connectivity index (χ3n) is 3.95. The van der Waals surface area contributed by atoms with Crippen LogP contribution < -0.4 is 16.8 Å². The van der Waals surface area contributed by atoms with Crippen molar-refractivity contribution < 1.29 is 14.5 Å². The molecule has 0 atom stereocenters. The molecule has 0 spiro atoms. The largest absolute Gasteiger partial charge is 0.366 e. The molecule has 10 heteroatoms. The molecule has 0 radical (unpaired) electrons. The predicted octanol–water partition coefficient (Wildman–Crippen LogP) is 1.84. The van der Waals surface area contributed by atoms with Crippen LogP contribution in [0.15, 0.2) is 23.1 Å². The summed E-state index contributed by atoms with van der Waals surface area (Å²) in [5, 5.41) is 14.0. The quantitative estimate of drug-likeness (QED) is 0.333. The number of nitrogens with zero attached hydrogens (tertiary/aromatic N) is 1. The minimum Gasteiger partial charge on any atom is -0.366 e. The van der Waals surface area contributed by atoms with E-state index in [-0.39, 0.29) is 35.3 Å². The summed E-state index contributed by atoms with van der Waals surface area (Å²) in [6, 6.07) is 3.94. The van der Waals surface area contributed by atoms with Crippen molar-refractivity contribution in [3.8, 4) is 0 Å². The molecule has 0 bridgehead atoms. The number of nitro groups is 1. The highest BCUT2D eigenvalue weighted by Crippen LogP contribution is 2.30. The molecule has 25 heavy (non-hydrogen) atoms. The van der Waals surface area contributed by atoms with E-state index in [0.717, 1.165) is 17.8 Å². The molecule has 0 unspecified atom stereocenters. The molecule has 5 N–H and O–H groups in total. The third kappa shape index (κ3) is 6.18. The van der Waals surface area contributed by atoms with Crippen LogP contribution in [0.3, 0.4) is 0 Å².